The van der Waals surface area contributed by atoms with Crippen LogP contribution in [0.1, 0.15) is 40.5 Å². The second-order valence-electron chi connectivity index (χ2n) is 4.75. The zero-order valence-corrected chi connectivity index (χ0v) is 15.0. The second-order valence-corrected chi connectivity index (χ2v) is 7.25. The minimum absolute atomic E-state index is 0.109. The van der Waals surface area contributed by atoms with E-state index >= 15 is 0 Å². The Labute approximate surface area is 137 Å². The van der Waals surface area contributed by atoms with Crippen LogP contribution < -0.4 is 5.32 Å². The van der Waals surface area contributed by atoms with Crippen molar-refractivity contribution >= 4 is 38.9 Å². The van der Waals surface area contributed by atoms with Crippen molar-refractivity contribution in [3.05, 3.63) is 48.8 Å². The molecule has 0 aliphatic heterocycles. The van der Waals surface area contributed by atoms with Gasteiger partial charge in [-0.1, -0.05) is 24.6 Å². The Balaban J connectivity index is 2.38. The molecule has 0 aliphatic carbocycles. The van der Waals surface area contributed by atoms with Gasteiger partial charge in [0.25, 0.3) is 0 Å². The summed E-state index contributed by atoms with van der Waals surface area (Å²) in [7, 11) is 0. The predicted molar refractivity (Wildman–Crippen MR) is 90.9 cm³/mol. The number of thiazole rings is 1. The van der Waals surface area contributed by atoms with Gasteiger partial charge in [-0.15, -0.1) is 11.3 Å². The van der Waals surface area contributed by atoms with Crippen LogP contribution in [0.3, 0.4) is 0 Å². The number of hydrogen-bond acceptors (Lipinski definition) is 3. The lowest BCUT2D eigenvalue weighted by Crippen LogP contribution is -2.23. The molecule has 0 bridgehead atoms. The Morgan fingerprint density at radius 1 is 1.40 bits per heavy atom. The van der Waals surface area contributed by atoms with Crippen LogP contribution in [-0.2, 0) is 0 Å². The molecule has 2 rings (SSSR count). The molecule has 1 unspecified atom stereocenters. The molecule has 0 fully saturated rings. The highest BCUT2D eigenvalue weighted by molar-refractivity contribution is 9.10. The fraction of sp³-hybridized carbons (Fsp3) is 0.400. The monoisotopic (exact) mass is 372 g/mol. The Hall–Kier alpha value is -0.420. The van der Waals surface area contributed by atoms with E-state index in [-0.39, 0.29) is 6.04 Å². The third-order valence-electron chi connectivity index (χ3n) is 3.17. The van der Waals surface area contributed by atoms with Crippen LogP contribution in [0.5, 0.6) is 0 Å². The third-order valence-corrected chi connectivity index (χ3v) is 5.54. The van der Waals surface area contributed by atoms with Gasteiger partial charge in [0.15, 0.2) is 0 Å². The predicted octanol–water partition coefficient (Wildman–Crippen LogP) is 5.26. The first-order valence-corrected chi connectivity index (χ1v) is 8.64. The first-order valence-electron chi connectivity index (χ1n) is 6.65. The lowest BCUT2D eigenvalue weighted by molar-refractivity contribution is 0.595. The molecule has 0 amide bonds. The summed E-state index contributed by atoms with van der Waals surface area (Å²) < 4.78 is 0.920. The van der Waals surface area contributed by atoms with Crippen molar-refractivity contribution in [2.75, 3.05) is 6.54 Å². The molecular formula is C15H18BrClN2S. The number of aromatic nitrogens is 1. The van der Waals surface area contributed by atoms with Crippen LogP contribution >= 0.6 is 38.9 Å². The highest BCUT2D eigenvalue weighted by Gasteiger charge is 2.18. The van der Waals surface area contributed by atoms with Gasteiger partial charge < -0.3 is 5.32 Å². The van der Waals surface area contributed by atoms with Gasteiger partial charge in [-0.3, -0.25) is 0 Å². The number of nitrogens with one attached hydrogen (secondary N) is 1. The van der Waals surface area contributed by atoms with Crippen LogP contribution in [0.25, 0.3) is 0 Å². The molecule has 2 nitrogen and oxygen atoms in total. The summed E-state index contributed by atoms with van der Waals surface area (Å²) in [5.74, 6) is 0. The quantitative estimate of drug-likeness (QED) is 0.772. The molecule has 108 valence electrons. The number of aryl methyl sites for hydroxylation is 2. The van der Waals surface area contributed by atoms with Crippen molar-refractivity contribution in [1.29, 1.82) is 0 Å². The van der Waals surface area contributed by atoms with E-state index in [0.717, 1.165) is 38.7 Å². The van der Waals surface area contributed by atoms with E-state index in [9.17, 15) is 0 Å². The van der Waals surface area contributed by atoms with Crippen molar-refractivity contribution in [2.24, 2.45) is 0 Å². The van der Waals surface area contributed by atoms with Crippen LogP contribution in [0.15, 0.2) is 22.7 Å². The van der Waals surface area contributed by atoms with Crippen molar-refractivity contribution in [3.63, 3.8) is 0 Å². The number of rotatable bonds is 5. The zero-order valence-electron chi connectivity index (χ0n) is 11.8. The van der Waals surface area contributed by atoms with Gasteiger partial charge in [-0.25, -0.2) is 4.98 Å². The highest BCUT2D eigenvalue weighted by Crippen LogP contribution is 2.31. The van der Waals surface area contributed by atoms with Gasteiger partial charge in [-0.05, 0) is 60.4 Å². The van der Waals surface area contributed by atoms with Crippen LogP contribution in [0.4, 0.5) is 0 Å². The van der Waals surface area contributed by atoms with E-state index < -0.39 is 0 Å². The number of benzene rings is 1. The summed E-state index contributed by atoms with van der Waals surface area (Å²) in [6.07, 6.45) is 1.09. The van der Waals surface area contributed by atoms with E-state index in [2.05, 4.69) is 48.1 Å². The van der Waals surface area contributed by atoms with Crippen LogP contribution in [0, 0.1) is 13.8 Å². The molecular weight excluding hydrogens is 356 g/mol. The minimum Gasteiger partial charge on any atom is -0.304 e. The Morgan fingerprint density at radius 2 is 2.15 bits per heavy atom. The molecule has 1 aromatic heterocycles. The zero-order chi connectivity index (χ0) is 14.7. The summed E-state index contributed by atoms with van der Waals surface area (Å²) in [5.41, 5.74) is 2.26. The SMILES string of the molecule is CCCNC(c1ccc(Br)c(Cl)c1)c1nc(C)c(C)s1. The van der Waals surface area contributed by atoms with Gasteiger partial charge >= 0.3 is 0 Å². The lowest BCUT2D eigenvalue weighted by Gasteiger charge is -2.17. The smallest absolute Gasteiger partial charge is 0.115 e. The van der Waals surface area contributed by atoms with Crippen LogP contribution in [0.2, 0.25) is 5.02 Å². The second kappa shape index (κ2) is 7.03. The molecule has 1 heterocycles. The summed E-state index contributed by atoms with van der Waals surface area (Å²) in [6, 6.07) is 6.20. The Bertz CT molecular complexity index is 578. The fourth-order valence-corrected chi connectivity index (χ4v) is 3.41. The number of nitrogens with zero attached hydrogens (tertiary/aromatic N) is 1. The molecule has 20 heavy (non-hydrogen) atoms. The van der Waals surface area contributed by atoms with Gasteiger partial charge in [0.1, 0.15) is 5.01 Å². The van der Waals surface area contributed by atoms with Gasteiger partial charge in [0.05, 0.1) is 16.8 Å². The molecule has 0 saturated carbocycles. The normalized spacial score (nSPS) is 12.7. The minimum atomic E-state index is 0.109. The highest BCUT2D eigenvalue weighted by atomic mass is 79.9. The van der Waals surface area contributed by atoms with Gasteiger partial charge in [0, 0.05) is 9.35 Å². The first kappa shape index (κ1) is 16.0. The van der Waals surface area contributed by atoms with Crippen molar-refractivity contribution in [1.82, 2.24) is 10.3 Å². The van der Waals surface area contributed by atoms with E-state index in [1.54, 1.807) is 11.3 Å². The number of halogens is 2. The molecule has 1 N–H and O–H groups in total. The topological polar surface area (TPSA) is 24.9 Å². The summed E-state index contributed by atoms with van der Waals surface area (Å²) in [6.45, 7) is 7.29. The average Bonchev–Trinajstić information content (AvgIpc) is 2.74. The fourth-order valence-electron chi connectivity index (χ4n) is 1.95. The average molecular weight is 374 g/mol. The van der Waals surface area contributed by atoms with Gasteiger partial charge in [-0.2, -0.15) is 0 Å². The molecule has 0 radical (unpaired) electrons. The maximum absolute atomic E-state index is 6.22. The number of hydrogen-bond donors (Lipinski definition) is 1. The maximum atomic E-state index is 6.22. The molecule has 1 atom stereocenters. The first-order chi connectivity index (χ1) is 9.52. The van der Waals surface area contributed by atoms with E-state index in [1.165, 1.54) is 4.88 Å². The largest absolute Gasteiger partial charge is 0.304 e. The van der Waals surface area contributed by atoms with E-state index in [1.807, 2.05) is 12.1 Å². The molecule has 1 aromatic carbocycles. The summed E-state index contributed by atoms with van der Waals surface area (Å²) >= 11 is 11.4. The standard InChI is InChI=1S/C15H18BrClN2S/c1-4-7-18-14(15-19-9(2)10(3)20-15)11-5-6-12(16)13(17)8-11/h5-6,8,14,18H,4,7H2,1-3H3. The van der Waals surface area contributed by atoms with E-state index in [0.29, 0.717) is 0 Å². The molecule has 0 spiro atoms. The van der Waals surface area contributed by atoms with Crippen molar-refractivity contribution in [3.8, 4) is 0 Å². The van der Waals surface area contributed by atoms with Crippen LogP contribution in [-0.4, -0.2) is 11.5 Å². The lowest BCUT2D eigenvalue weighted by atomic mass is 10.1. The molecule has 5 heteroatoms. The summed E-state index contributed by atoms with van der Waals surface area (Å²) in [4.78, 5) is 5.96. The molecule has 0 saturated heterocycles. The van der Waals surface area contributed by atoms with E-state index in [4.69, 9.17) is 16.6 Å². The maximum Gasteiger partial charge on any atom is 0.115 e. The molecule has 0 aliphatic rings. The molecule has 2 aromatic rings. The Kier molecular flexibility index (Phi) is 5.61. The van der Waals surface area contributed by atoms with Crippen molar-refractivity contribution < 1.29 is 0 Å². The third kappa shape index (κ3) is 3.61. The van der Waals surface area contributed by atoms with Crippen molar-refractivity contribution in [2.45, 2.75) is 33.2 Å². The Morgan fingerprint density at radius 3 is 2.70 bits per heavy atom. The summed E-state index contributed by atoms with van der Waals surface area (Å²) in [5, 5.41) is 5.40. The van der Waals surface area contributed by atoms with Gasteiger partial charge in [0.2, 0.25) is 0 Å².